The SMILES string of the molecule is BrCC1CCN(Cc2csc3ccccc23)C1. The number of hydrogen-bond donors (Lipinski definition) is 0. The zero-order valence-electron chi connectivity index (χ0n) is 9.73. The molecule has 1 aromatic carbocycles. The molecule has 0 N–H and O–H groups in total. The third-order valence-corrected chi connectivity index (χ3v) is 5.47. The lowest BCUT2D eigenvalue weighted by Gasteiger charge is -2.14. The smallest absolute Gasteiger partial charge is 0.0346 e. The Balaban J connectivity index is 1.77. The van der Waals surface area contributed by atoms with E-state index >= 15 is 0 Å². The highest BCUT2D eigenvalue weighted by atomic mass is 79.9. The van der Waals surface area contributed by atoms with Crippen LogP contribution in [-0.2, 0) is 6.54 Å². The van der Waals surface area contributed by atoms with Gasteiger partial charge in [-0.15, -0.1) is 11.3 Å². The van der Waals surface area contributed by atoms with Crippen molar-refractivity contribution < 1.29 is 0 Å². The summed E-state index contributed by atoms with van der Waals surface area (Å²) in [6, 6.07) is 8.73. The first-order valence-electron chi connectivity index (χ1n) is 6.10. The van der Waals surface area contributed by atoms with Gasteiger partial charge in [0.15, 0.2) is 0 Å². The number of rotatable bonds is 3. The summed E-state index contributed by atoms with van der Waals surface area (Å²) < 4.78 is 1.42. The Bertz CT molecular complexity index is 508. The zero-order chi connectivity index (χ0) is 11.7. The minimum atomic E-state index is 0.847. The molecular weight excluding hydrogens is 294 g/mol. The van der Waals surface area contributed by atoms with Crippen LogP contribution in [0.4, 0.5) is 0 Å². The second-order valence-electron chi connectivity index (χ2n) is 4.80. The number of fused-ring (bicyclic) bond motifs is 1. The van der Waals surface area contributed by atoms with Crippen molar-refractivity contribution in [3.63, 3.8) is 0 Å². The first-order chi connectivity index (χ1) is 8.36. The fourth-order valence-corrected chi connectivity index (χ4v) is 4.06. The van der Waals surface area contributed by atoms with Crippen LogP contribution in [0.25, 0.3) is 10.1 Å². The predicted octanol–water partition coefficient (Wildman–Crippen LogP) is 4.12. The van der Waals surface area contributed by atoms with E-state index in [1.165, 1.54) is 35.2 Å². The Hall–Kier alpha value is -0.380. The Morgan fingerprint density at radius 3 is 3.06 bits per heavy atom. The fraction of sp³-hybridized carbons (Fsp3) is 0.429. The number of thiophene rings is 1. The van der Waals surface area contributed by atoms with E-state index in [-0.39, 0.29) is 0 Å². The summed E-state index contributed by atoms with van der Waals surface area (Å²) in [5.41, 5.74) is 1.50. The van der Waals surface area contributed by atoms with E-state index in [1.807, 2.05) is 11.3 Å². The van der Waals surface area contributed by atoms with Crippen LogP contribution in [-0.4, -0.2) is 23.3 Å². The molecule has 3 heteroatoms. The number of alkyl halides is 1. The van der Waals surface area contributed by atoms with Crippen LogP contribution in [0.15, 0.2) is 29.6 Å². The molecule has 17 heavy (non-hydrogen) atoms. The average Bonchev–Trinajstić information content (AvgIpc) is 2.97. The van der Waals surface area contributed by atoms with Crippen molar-refractivity contribution in [3.05, 3.63) is 35.2 Å². The molecule has 1 unspecified atom stereocenters. The molecule has 1 aliphatic heterocycles. The van der Waals surface area contributed by atoms with Gasteiger partial charge in [-0.05, 0) is 41.3 Å². The third kappa shape index (κ3) is 2.42. The molecule has 1 nitrogen and oxygen atoms in total. The lowest BCUT2D eigenvalue weighted by atomic mass is 10.1. The fourth-order valence-electron chi connectivity index (χ4n) is 2.58. The van der Waals surface area contributed by atoms with Gasteiger partial charge in [0, 0.05) is 23.1 Å². The van der Waals surface area contributed by atoms with Crippen LogP contribution in [0.5, 0.6) is 0 Å². The molecule has 1 aliphatic rings. The summed E-state index contributed by atoms with van der Waals surface area (Å²) in [6.07, 6.45) is 1.34. The van der Waals surface area contributed by atoms with Gasteiger partial charge in [-0.1, -0.05) is 34.1 Å². The van der Waals surface area contributed by atoms with Crippen molar-refractivity contribution in [1.29, 1.82) is 0 Å². The van der Waals surface area contributed by atoms with Crippen LogP contribution in [0.1, 0.15) is 12.0 Å². The van der Waals surface area contributed by atoms with Gasteiger partial charge < -0.3 is 0 Å². The molecule has 2 aromatic rings. The average molecular weight is 310 g/mol. The van der Waals surface area contributed by atoms with E-state index in [4.69, 9.17) is 0 Å². The molecule has 2 heterocycles. The summed E-state index contributed by atoms with van der Waals surface area (Å²) in [7, 11) is 0. The van der Waals surface area contributed by atoms with Gasteiger partial charge in [0.1, 0.15) is 0 Å². The summed E-state index contributed by atoms with van der Waals surface area (Å²) in [5, 5.41) is 4.92. The van der Waals surface area contributed by atoms with Gasteiger partial charge in [-0.2, -0.15) is 0 Å². The lowest BCUT2D eigenvalue weighted by molar-refractivity contribution is 0.323. The summed E-state index contributed by atoms with van der Waals surface area (Å²) in [6.45, 7) is 3.61. The minimum Gasteiger partial charge on any atom is -0.299 e. The standard InChI is InChI=1S/C14H16BrNS/c15-7-11-5-6-16(8-11)9-12-10-17-14-4-2-1-3-13(12)14/h1-4,10-11H,5-9H2. The van der Waals surface area contributed by atoms with Gasteiger partial charge in [0.2, 0.25) is 0 Å². The van der Waals surface area contributed by atoms with Gasteiger partial charge in [0.05, 0.1) is 0 Å². The summed E-state index contributed by atoms with van der Waals surface area (Å²) in [4.78, 5) is 2.58. The molecule has 0 bridgehead atoms. The van der Waals surface area contributed by atoms with Crippen LogP contribution >= 0.6 is 27.3 Å². The highest BCUT2D eigenvalue weighted by molar-refractivity contribution is 9.09. The maximum absolute atomic E-state index is 3.60. The van der Waals surface area contributed by atoms with E-state index in [1.54, 1.807) is 0 Å². The molecule has 0 amide bonds. The van der Waals surface area contributed by atoms with E-state index < -0.39 is 0 Å². The maximum atomic E-state index is 3.60. The first-order valence-corrected chi connectivity index (χ1v) is 8.10. The van der Waals surface area contributed by atoms with E-state index in [0.29, 0.717) is 0 Å². The van der Waals surface area contributed by atoms with Crippen LogP contribution in [0, 0.1) is 5.92 Å². The van der Waals surface area contributed by atoms with Crippen molar-refractivity contribution in [3.8, 4) is 0 Å². The van der Waals surface area contributed by atoms with Gasteiger partial charge in [-0.3, -0.25) is 4.90 Å². The topological polar surface area (TPSA) is 3.24 Å². The Kier molecular flexibility index (Phi) is 3.50. The Morgan fingerprint density at radius 1 is 1.35 bits per heavy atom. The van der Waals surface area contributed by atoms with Crippen molar-refractivity contribution >= 4 is 37.4 Å². The number of likely N-dealkylation sites (tertiary alicyclic amines) is 1. The molecule has 0 spiro atoms. The predicted molar refractivity (Wildman–Crippen MR) is 79.0 cm³/mol. The minimum absolute atomic E-state index is 0.847. The molecule has 1 aromatic heterocycles. The second kappa shape index (κ2) is 5.09. The van der Waals surface area contributed by atoms with Crippen molar-refractivity contribution in [1.82, 2.24) is 4.90 Å². The maximum Gasteiger partial charge on any atom is 0.0346 e. The van der Waals surface area contributed by atoms with Crippen LogP contribution in [0.2, 0.25) is 0 Å². The lowest BCUT2D eigenvalue weighted by Crippen LogP contribution is -2.20. The Labute approximate surface area is 115 Å². The van der Waals surface area contributed by atoms with E-state index in [0.717, 1.165) is 17.8 Å². The number of benzene rings is 1. The molecular formula is C14H16BrNS. The van der Waals surface area contributed by atoms with Gasteiger partial charge in [0.25, 0.3) is 0 Å². The van der Waals surface area contributed by atoms with Crippen LogP contribution in [0.3, 0.4) is 0 Å². The number of nitrogens with zero attached hydrogens (tertiary/aromatic N) is 1. The molecule has 0 saturated carbocycles. The van der Waals surface area contributed by atoms with Crippen molar-refractivity contribution in [2.24, 2.45) is 5.92 Å². The van der Waals surface area contributed by atoms with E-state index in [2.05, 4.69) is 50.5 Å². The summed E-state index contributed by atoms with van der Waals surface area (Å²) in [5.74, 6) is 0.847. The normalized spacial score (nSPS) is 21.4. The molecule has 1 fully saturated rings. The van der Waals surface area contributed by atoms with Crippen LogP contribution < -0.4 is 0 Å². The largest absolute Gasteiger partial charge is 0.299 e. The van der Waals surface area contributed by atoms with E-state index in [9.17, 15) is 0 Å². The zero-order valence-corrected chi connectivity index (χ0v) is 12.1. The molecule has 3 rings (SSSR count). The monoisotopic (exact) mass is 309 g/mol. The third-order valence-electron chi connectivity index (χ3n) is 3.54. The van der Waals surface area contributed by atoms with Gasteiger partial charge >= 0.3 is 0 Å². The molecule has 1 saturated heterocycles. The molecule has 90 valence electrons. The summed E-state index contributed by atoms with van der Waals surface area (Å²) >= 11 is 5.46. The number of halogens is 1. The number of hydrogen-bond acceptors (Lipinski definition) is 2. The highest BCUT2D eigenvalue weighted by Gasteiger charge is 2.21. The van der Waals surface area contributed by atoms with Crippen molar-refractivity contribution in [2.75, 3.05) is 18.4 Å². The quantitative estimate of drug-likeness (QED) is 0.771. The molecule has 0 aliphatic carbocycles. The second-order valence-corrected chi connectivity index (χ2v) is 6.36. The van der Waals surface area contributed by atoms with Crippen molar-refractivity contribution in [2.45, 2.75) is 13.0 Å². The molecule has 0 radical (unpaired) electrons. The first kappa shape index (κ1) is 11.7. The highest BCUT2D eigenvalue weighted by Crippen LogP contribution is 2.28. The Morgan fingerprint density at radius 2 is 2.24 bits per heavy atom. The molecule has 1 atom stereocenters. The van der Waals surface area contributed by atoms with Gasteiger partial charge in [-0.25, -0.2) is 0 Å².